The molecule has 2 aromatic heterocycles. The number of halogens is 1. The van der Waals surface area contributed by atoms with Gasteiger partial charge in [0.25, 0.3) is 5.91 Å². The Hall–Kier alpha value is -3.74. The summed E-state index contributed by atoms with van der Waals surface area (Å²) in [6.07, 6.45) is 5.24. The summed E-state index contributed by atoms with van der Waals surface area (Å²) in [7, 11) is 0. The van der Waals surface area contributed by atoms with Gasteiger partial charge in [-0.1, -0.05) is 36.4 Å². The van der Waals surface area contributed by atoms with Gasteiger partial charge in [-0.15, -0.1) is 0 Å². The minimum atomic E-state index is -0.456. The smallest absolute Gasteiger partial charge is 0.261 e. The second kappa shape index (κ2) is 7.59. The van der Waals surface area contributed by atoms with Crippen LogP contribution in [-0.4, -0.2) is 33.6 Å². The Morgan fingerprint density at radius 1 is 1.00 bits per heavy atom. The van der Waals surface area contributed by atoms with Gasteiger partial charge in [-0.05, 0) is 31.0 Å². The molecule has 4 aromatic rings. The molecule has 0 radical (unpaired) electrons. The topological polar surface area (TPSA) is 62.5 Å². The van der Waals surface area contributed by atoms with E-state index in [9.17, 15) is 9.18 Å². The Morgan fingerprint density at radius 2 is 1.80 bits per heavy atom. The van der Waals surface area contributed by atoms with Crippen LogP contribution in [0.3, 0.4) is 0 Å². The highest BCUT2D eigenvalue weighted by atomic mass is 19.1. The van der Waals surface area contributed by atoms with Crippen molar-refractivity contribution >= 4 is 22.9 Å². The Bertz CT molecular complexity index is 1210. The van der Waals surface area contributed by atoms with E-state index < -0.39 is 11.7 Å². The number of hydrogen-bond acceptors (Lipinski definition) is 4. The van der Waals surface area contributed by atoms with Gasteiger partial charge in [-0.3, -0.25) is 4.79 Å². The number of amides is 1. The van der Waals surface area contributed by atoms with Crippen LogP contribution in [0.5, 0.6) is 0 Å². The lowest BCUT2D eigenvalue weighted by molar-refractivity contribution is 0.102. The molecule has 3 heterocycles. The van der Waals surface area contributed by atoms with Gasteiger partial charge >= 0.3 is 0 Å². The molecule has 1 saturated heterocycles. The number of benzene rings is 2. The van der Waals surface area contributed by atoms with Crippen LogP contribution in [0.1, 0.15) is 23.2 Å². The minimum absolute atomic E-state index is 0.197. The molecule has 1 fully saturated rings. The van der Waals surface area contributed by atoms with Crippen LogP contribution in [-0.2, 0) is 0 Å². The fraction of sp³-hybridized carbons (Fsp3) is 0.174. The van der Waals surface area contributed by atoms with Crippen LogP contribution in [0.2, 0.25) is 0 Å². The Labute approximate surface area is 173 Å². The standard InChI is InChI=1S/C23H20FN5O/c24-18-9-6-10-20(28-13-4-5-14-28)21(18)27-23(30)17-15-26-29-19(11-12-25-22(17)29)16-7-2-1-3-8-16/h1-3,6-12,15H,4-5,13-14H2,(H,27,30). The summed E-state index contributed by atoms with van der Waals surface area (Å²) < 4.78 is 16.3. The van der Waals surface area contributed by atoms with Crippen molar-refractivity contribution in [1.29, 1.82) is 0 Å². The van der Waals surface area contributed by atoms with E-state index >= 15 is 0 Å². The summed E-state index contributed by atoms with van der Waals surface area (Å²) in [5.41, 5.74) is 3.41. The molecule has 30 heavy (non-hydrogen) atoms. The second-order valence-electron chi connectivity index (χ2n) is 7.27. The third kappa shape index (κ3) is 3.18. The molecule has 6 nitrogen and oxygen atoms in total. The average molecular weight is 401 g/mol. The number of para-hydroxylation sites is 1. The van der Waals surface area contributed by atoms with Crippen molar-refractivity contribution in [2.75, 3.05) is 23.3 Å². The number of nitrogens with zero attached hydrogens (tertiary/aromatic N) is 4. The molecule has 0 saturated carbocycles. The highest BCUT2D eigenvalue weighted by molar-refractivity contribution is 6.09. The Kier molecular flexibility index (Phi) is 4.63. The van der Waals surface area contributed by atoms with Crippen molar-refractivity contribution in [2.45, 2.75) is 12.8 Å². The summed E-state index contributed by atoms with van der Waals surface area (Å²) in [5, 5.41) is 7.13. The third-order valence-electron chi connectivity index (χ3n) is 5.39. The molecule has 0 aliphatic carbocycles. The molecule has 1 amide bonds. The maximum Gasteiger partial charge on any atom is 0.261 e. The van der Waals surface area contributed by atoms with Crippen LogP contribution >= 0.6 is 0 Å². The lowest BCUT2D eigenvalue weighted by atomic mass is 10.1. The lowest BCUT2D eigenvalue weighted by Crippen LogP contribution is -2.22. The quantitative estimate of drug-likeness (QED) is 0.551. The van der Waals surface area contributed by atoms with E-state index in [4.69, 9.17) is 0 Å². The predicted octanol–water partition coefficient (Wildman–Crippen LogP) is 4.39. The zero-order valence-electron chi connectivity index (χ0n) is 16.3. The van der Waals surface area contributed by atoms with Gasteiger partial charge in [-0.25, -0.2) is 13.9 Å². The third-order valence-corrected chi connectivity index (χ3v) is 5.39. The molecule has 0 bridgehead atoms. The van der Waals surface area contributed by atoms with E-state index in [2.05, 4.69) is 20.3 Å². The van der Waals surface area contributed by atoms with Gasteiger partial charge in [0.15, 0.2) is 5.65 Å². The fourth-order valence-electron chi connectivity index (χ4n) is 3.92. The van der Waals surface area contributed by atoms with Crippen molar-refractivity contribution in [2.24, 2.45) is 0 Å². The predicted molar refractivity (Wildman–Crippen MR) is 114 cm³/mol. The van der Waals surface area contributed by atoms with E-state index in [1.54, 1.807) is 16.8 Å². The van der Waals surface area contributed by atoms with Crippen molar-refractivity contribution in [1.82, 2.24) is 14.6 Å². The zero-order valence-corrected chi connectivity index (χ0v) is 16.3. The average Bonchev–Trinajstić information content (AvgIpc) is 3.45. The molecule has 7 heteroatoms. The van der Waals surface area contributed by atoms with Gasteiger partial charge in [0.1, 0.15) is 17.1 Å². The van der Waals surface area contributed by atoms with Gasteiger partial charge in [0.2, 0.25) is 0 Å². The number of carbonyl (C=O) groups excluding carboxylic acids is 1. The molecule has 5 rings (SSSR count). The molecule has 1 N–H and O–H groups in total. The van der Waals surface area contributed by atoms with Crippen molar-refractivity contribution < 1.29 is 9.18 Å². The first-order valence-corrected chi connectivity index (χ1v) is 9.95. The number of carbonyl (C=O) groups is 1. The van der Waals surface area contributed by atoms with Gasteiger partial charge in [0, 0.05) is 24.8 Å². The summed E-state index contributed by atoms with van der Waals surface area (Å²) in [6.45, 7) is 1.70. The number of hydrogen-bond donors (Lipinski definition) is 1. The second-order valence-corrected chi connectivity index (χ2v) is 7.27. The molecular weight excluding hydrogens is 381 g/mol. The SMILES string of the molecule is O=C(Nc1c(F)cccc1N1CCCC1)c1cnn2c(-c3ccccc3)ccnc12. The number of nitrogens with one attached hydrogen (secondary N) is 1. The highest BCUT2D eigenvalue weighted by Gasteiger charge is 2.22. The van der Waals surface area contributed by atoms with Crippen molar-refractivity contribution in [3.05, 3.63) is 78.4 Å². The van der Waals surface area contributed by atoms with Crippen molar-refractivity contribution in [3.63, 3.8) is 0 Å². The first kappa shape index (κ1) is 18.3. The van der Waals surface area contributed by atoms with E-state index in [1.165, 1.54) is 12.3 Å². The first-order chi connectivity index (χ1) is 14.7. The Morgan fingerprint density at radius 3 is 2.60 bits per heavy atom. The van der Waals surface area contributed by atoms with E-state index in [1.807, 2.05) is 42.5 Å². The number of fused-ring (bicyclic) bond motifs is 1. The first-order valence-electron chi connectivity index (χ1n) is 9.95. The van der Waals surface area contributed by atoms with Crippen LogP contribution < -0.4 is 10.2 Å². The molecule has 0 spiro atoms. The minimum Gasteiger partial charge on any atom is -0.370 e. The van der Waals surface area contributed by atoms with Crippen LogP contribution in [0, 0.1) is 5.82 Å². The van der Waals surface area contributed by atoms with Gasteiger partial charge in [0.05, 0.1) is 17.6 Å². The largest absolute Gasteiger partial charge is 0.370 e. The number of rotatable bonds is 4. The fourth-order valence-corrected chi connectivity index (χ4v) is 3.92. The van der Waals surface area contributed by atoms with Gasteiger partial charge in [-0.2, -0.15) is 5.10 Å². The molecule has 0 atom stereocenters. The summed E-state index contributed by atoms with van der Waals surface area (Å²) in [4.78, 5) is 19.5. The molecule has 1 aliphatic heterocycles. The number of aromatic nitrogens is 3. The highest BCUT2D eigenvalue weighted by Crippen LogP contribution is 2.32. The van der Waals surface area contributed by atoms with Crippen molar-refractivity contribution in [3.8, 4) is 11.3 Å². The van der Waals surface area contributed by atoms with E-state index in [0.29, 0.717) is 16.9 Å². The van der Waals surface area contributed by atoms with Crippen LogP contribution in [0.15, 0.2) is 67.0 Å². The summed E-state index contributed by atoms with van der Waals surface area (Å²) >= 11 is 0. The summed E-state index contributed by atoms with van der Waals surface area (Å²) in [6, 6.07) is 16.5. The molecule has 2 aromatic carbocycles. The molecular formula is C23H20FN5O. The maximum atomic E-state index is 14.6. The molecule has 0 unspecified atom stereocenters. The van der Waals surface area contributed by atoms with Crippen LogP contribution in [0.25, 0.3) is 16.9 Å². The zero-order chi connectivity index (χ0) is 20.5. The maximum absolute atomic E-state index is 14.6. The molecule has 1 aliphatic rings. The van der Waals surface area contributed by atoms with E-state index in [-0.39, 0.29) is 5.69 Å². The van der Waals surface area contributed by atoms with Crippen LogP contribution in [0.4, 0.5) is 15.8 Å². The normalized spacial score (nSPS) is 13.7. The van der Waals surface area contributed by atoms with Gasteiger partial charge < -0.3 is 10.2 Å². The Balaban J connectivity index is 1.51. The number of anilines is 2. The summed E-state index contributed by atoms with van der Waals surface area (Å²) in [5.74, 6) is -0.893. The van der Waals surface area contributed by atoms with E-state index in [0.717, 1.165) is 37.2 Å². The lowest BCUT2D eigenvalue weighted by Gasteiger charge is -2.21. The molecule has 150 valence electrons. The monoisotopic (exact) mass is 401 g/mol.